The fourth-order valence-electron chi connectivity index (χ4n) is 14.8. The summed E-state index contributed by atoms with van der Waals surface area (Å²) in [4.78, 5) is 194. The molecule has 42 nitrogen and oxygen atoms in total. The number of fused-ring (bicyclic) bond motifs is 2. The van der Waals surface area contributed by atoms with Crippen molar-refractivity contribution in [1.29, 1.82) is 5.41 Å². The molecule has 0 radical (unpaired) electrons. The molecule has 2 aliphatic rings. The van der Waals surface area contributed by atoms with Crippen LogP contribution in [0.2, 0.25) is 0 Å². The Kier molecular flexibility index (Phi) is 45.6. The van der Waals surface area contributed by atoms with Gasteiger partial charge in [-0.25, -0.2) is 18.5 Å². The lowest BCUT2D eigenvalue weighted by atomic mass is 10.0. The highest BCUT2D eigenvalue weighted by Crippen LogP contribution is 2.24. The molecule has 3 aromatic heterocycles. The number of sulfonamides is 1. The van der Waals surface area contributed by atoms with Crippen LogP contribution < -0.4 is 80.4 Å². The third kappa shape index (κ3) is 38.7. The Balaban J connectivity index is 0.913. The molecule has 0 aliphatic carbocycles. The monoisotopic (exact) mass is 1790 g/mol. The third-order valence-corrected chi connectivity index (χ3v) is 23.1. The maximum atomic E-state index is 15.2. The molecule has 5 heterocycles. The first-order chi connectivity index (χ1) is 61.2. The van der Waals surface area contributed by atoms with Crippen molar-refractivity contribution in [3.63, 3.8) is 0 Å². The van der Waals surface area contributed by atoms with Crippen molar-refractivity contribution in [3.05, 3.63) is 96.0 Å². The third-order valence-electron chi connectivity index (χ3n) is 21.7. The Morgan fingerprint density at radius 1 is 0.661 bits per heavy atom. The van der Waals surface area contributed by atoms with Gasteiger partial charge in [-0.1, -0.05) is 139 Å². The second-order valence-electron chi connectivity index (χ2n) is 32.0. The Bertz CT molecular complexity index is 4410. The number of nitrogens with one attached hydrogen (secondary N) is 16. The zero-order valence-corrected chi connectivity index (χ0v) is 73.3. The van der Waals surface area contributed by atoms with E-state index in [9.17, 15) is 71.1 Å². The maximum absolute atomic E-state index is 15.2. The van der Waals surface area contributed by atoms with Crippen LogP contribution in [-0.2, 0) is 108 Å². The van der Waals surface area contributed by atoms with Gasteiger partial charge >= 0.3 is 0 Å². The zero-order valence-electron chi connectivity index (χ0n) is 72.5. The number of guanidine groups is 1. The SMILES string of the molecule is CCCC[C@H](NC(=O)[C@H](CN)NC(=O)[C@H](Cc1c[nH]cn1)NC(=O)COCCOCCNC(=O)CCCS(=O)(=O)NC(=O)CCCCCCCCCCCCCCCc1nnn[nH]1)C(=O)N[C@H]1CCC(=O)NCCCC[C@@H](C(N)=O)NC(=O)[C@H](Cc2c[nH]c3ccccc23)NC(=O)[C@H](CCCNC(=N)N)NC(=O)[C@@H](Cc2ccccc2)NC(=O)[C@@H]2C[C@@H](O)CN2C1=O. The van der Waals surface area contributed by atoms with Gasteiger partial charge in [0, 0.05) is 107 Å². The van der Waals surface area contributed by atoms with E-state index in [2.05, 4.69) is 98.8 Å². The molecule has 43 heteroatoms. The van der Waals surface area contributed by atoms with E-state index >= 15 is 4.79 Å². The lowest BCUT2D eigenvalue weighted by molar-refractivity contribution is -0.143. The van der Waals surface area contributed by atoms with Gasteiger partial charge in [-0.15, -0.1) is 5.10 Å². The molecule has 10 atom stereocenters. The summed E-state index contributed by atoms with van der Waals surface area (Å²) < 4.78 is 38.3. The number of nitrogens with two attached hydrogens (primary N) is 3. The molecule has 700 valence electrons. The summed E-state index contributed by atoms with van der Waals surface area (Å²) in [6.07, 6.45) is 17.6. The highest BCUT2D eigenvalue weighted by molar-refractivity contribution is 7.90. The highest BCUT2D eigenvalue weighted by Gasteiger charge is 2.44. The first-order valence-electron chi connectivity index (χ1n) is 44.2. The van der Waals surface area contributed by atoms with Crippen LogP contribution in [0.1, 0.15) is 203 Å². The molecule has 23 N–H and O–H groups in total. The van der Waals surface area contributed by atoms with Crippen LogP contribution in [0.25, 0.3) is 10.9 Å². The van der Waals surface area contributed by atoms with Crippen LogP contribution in [0.5, 0.6) is 0 Å². The van der Waals surface area contributed by atoms with Crippen LogP contribution >= 0.6 is 0 Å². The Labute approximate surface area is 739 Å². The number of ether oxygens (including phenoxy) is 2. The van der Waals surface area contributed by atoms with Crippen LogP contribution in [0, 0.1) is 5.41 Å². The summed E-state index contributed by atoms with van der Waals surface area (Å²) >= 11 is 0. The Morgan fingerprint density at radius 2 is 1.31 bits per heavy atom. The van der Waals surface area contributed by atoms with Gasteiger partial charge in [0.15, 0.2) is 5.96 Å². The molecule has 2 saturated heterocycles. The van der Waals surface area contributed by atoms with E-state index in [0.29, 0.717) is 36.1 Å². The van der Waals surface area contributed by atoms with E-state index in [1.165, 1.54) is 51.0 Å². The van der Waals surface area contributed by atoms with Crippen molar-refractivity contribution in [2.75, 3.05) is 64.9 Å². The van der Waals surface area contributed by atoms with Gasteiger partial charge in [0.25, 0.3) is 0 Å². The minimum atomic E-state index is -3.94. The average molecular weight is 1800 g/mol. The summed E-state index contributed by atoms with van der Waals surface area (Å²) in [6, 6.07) is 2.61. The molecule has 2 aromatic carbocycles. The summed E-state index contributed by atoms with van der Waals surface area (Å²) in [5, 5.41) is 63.1. The summed E-state index contributed by atoms with van der Waals surface area (Å²) in [7, 11) is -3.94. The van der Waals surface area contributed by atoms with Crippen molar-refractivity contribution >= 4 is 104 Å². The lowest BCUT2D eigenvalue weighted by Gasteiger charge is -2.31. The summed E-state index contributed by atoms with van der Waals surface area (Å²) in [5.74, 6) is -10.4. The first kappa shape index (κ1) is 103. The van der Waals surface area contributed by atoms with Crippen molar-refractivity contribution in [3.8, 4) is 0 Å². The zero-order chi connectivity index (χ0) is 91.7. The minimum absolute atomic E-state index is 0.0121. The predicted octanol–water partition coefficient (Wildman–Crippen LogP) is -0.670. The summed E-state index contributed by atoms with van der Waals surface area (Å²) in [6.45, 7) is 0.331. The molecule has 7 rings (SSSR count). The molecule has 13 amide bonds. The van der Waals surface area contributed by atoms with E-state index in [4.69, 9.17) is 32.1 Å². The lowest BCUT2D eigenvalue weighted by Crippen LogP contribution is -2.61. The number of benzene rings is 2. The van der Waals surface area contributed by atoms with Crippen LogP contribution in [0.3, 0.4) is 0 Å². The number of rotatable bonds is 51. The van der Waals surface area contributed by atoms with Crippen LogP contribution in [-0.4, -0.2) is 262 Å². The van der Waals surface area contributed by atoms with Crippen LogP contribution in [0.15, 0.2) is 73.3 Å². The topological polar surface area (TPSA) is 643 Å². The highest BCUT2D eigenvalue weighted by atomic mass is 32.2. The number of aliphatic hydroxyl groups excluding tert-OH is 1. The van der Waals surface area contributed by atoms with Crippen molar-refractivity contribution in [2.24, 2.45) is 17.2 Å². The van der Waals surface area contributed by atoms with Gasteiger partial charge in [-0.3, -0.25) is 72.5 Å². The first-order valence-corrected chi connectivity index (χ1v) is 45.8. The van der Waals surface area contributed by atoms with E-state index in [-0.39, 0.29) is 129 Å². The number of aliphatic hydroxyl groups is 1. The number of aromatic nitrogens is 7. The number of nitrogens with zero attached hydrogens (tertiary/aromatic N) is 5. The molecular formula is C84H130N24O18S. The largest absolute Gasteiger partial charge is 0.391 e. The second-order valence-corrected chi connectivity index (χ2v) is 33.9. The standard InChI is InChI=1S/C84H130N24O18S/c1-2-3-29-62(98-81(120)68(49-85)102-80(119)67(47-57-51-89-54-94-57)95-74(113)53-126-43-42-125-41-40-91-71(110)35-25-44-127(123,124)105-73(112)34-19-14-12-10-8-6-4-5-7-9-11-13-18-33-70-103-106-107-104-70)76(115)99-64-36-37-72(111)90-38-23-22-31-61(75(86)114)96-79(118)66(46-56-50-93-60-30-21-20-28-59(56)60)100-77(116)63(32-24-39-92-84(87)88)97-78(117)65(45-55-26-16-15-17-27-55)101-82(121)69-48-58(109)52-108(69)83(64)122/h15-17,20-21,26-28,30,50-51,54,58,61-69,93,109H,2-14,18-19,22-25,29,31-49,52-53,85H2,1H3,(H2,86,114)(H,89,94)(H,90,111)(H,91,110)(H,95,113)(H,96,118)(H,97,117)(H,98,120)(H,99,115)(H,100,116)(H,101,121)(H,102,119)(H,105,112)(H4,87,88,92)(H,103,104,106,107)/t58-,61+,62+,63+,64+,65-,66+,67+,68+,69+/m1/s1. The van der Waals surface area contributed by atoms with Crippen molar-refractivity contribution in [1.82, 2.24) is 104 Å². The number of para-hydroxylation sites is 1. The molecule has 0 bridgehead atoms. The minimum Gasteiger partial charge on any atom is -0.391 e. The van der Waals surface area contributed by atoms with Gasteiger partial charge < -0.3 is 105 Å². The molecule has 5 aromatic rings. The van der Waals surface area contributed by atoms with E-state index < -0.39 is 186 Å². The van der Waals surface area contributed by atoms with E-state index in [1.54, 1.807) is 42.6 Å². The number of hydrogen-bond donors (Lipinski definition) is 20. The number of unbranched alkanes of at least 4 members (excludes halogenated alkanes) is 13. The number of primary amides is 1. The number of carbonyl (C=O) groups excluding carboxylic acids is 13. The molecule has 0 unspecified atom stereocenters. The molecule has 2 aliphatic heterocycles. The second kappa shape index (κ2) is 56.5. The number of amides is 13. The Morgan fingerprint density at radius 3 is 2.01 bits per heavy atom. The molecule has 0 saturated carbocycles. The van der Waals surface area contributed by atoms with Crippen molar-refractivity contribution in [2.45, 2.75) is 266 Å². The number of aryl methyl sites for hydroxylation is 1. The molecule has 127 heavy (non-hydrogen) atoms. The molecular weight excluding hydrogens is 1670 g/mol. The van der Waals surface area contributed by atoms with Gasteiger partial charge in [-0.2, -0.15) is 0 Å². The van der Waals surface area contributed by atoms with Crippen molar-refractivity contribution < 1.29 is 85.3 Å². The smallest absolute Gasteiger partial charge is 0.246 e. The van der Waals surface area contributed by atoms with Gasteiger partial charge in [0.1, 0.15) is 66.8 Å². The normalized spacial score (nSPS) is 19.0. The number of H-pyrrole nitrogens is 3. The quantitative estimate of drug-likeness (QED) is 0.0130. The number of carbonyl (C=O) groups is 13. The number of aromatic amines is 3. The molecule has 0 spiro atoms. The van der Waals surface area contributed by atoms with E-state index in [0.717, 1.165) is 66.6 Å². The predicted molar refractivity (Wildman–Crippen MR) is 467 cm³/mol. The number of tetrazole rings is 1. The Hall–Kier alpha value is -11.6. The van der Waals surface area contributed by atoms with Gasteiger partial charge in [-0.05, 0) is 91.8 Å². The fourth-order valence-corrected chi connectivity index (χ4v) is 15.9. The summed E-state index contributed by atoms with van der Waals surface area (Å²) in [5.41, 5.74) is 19.8. The number of imidazole rings is 1. The average Bonchev–Trinajstić information content (AvgIpc) is 1.65. The van der Waals surface area contributed by atoms with Crippen LogP contribution in [0.4, 0.5) is 0 Å². The number of hydrogen-bond acceptors (Lipinski definition) is 24. The molecule has 2 fully saturated rings. The van der Waals surface area contributed by atoms with Gasteiger partial charge in [0.05, 0.1) is 43.7 Å². The van der Waals surface area contributed by atoms with Gasteiger partial charge in [0.2, 0.25) is 86.8 Å². The van der Waals surface area contributed by atoms with E-state index in [1.807, 2.05) is 25.1 Å². The fraction of sp³-hybridized carbons (Fsp3) is 0.619. The maximum Gasteiger partial charge on any atom is 0.246 e.